The van der Waals surface area contributed by atoms with Crippen molar-refractivity contribution < 1.29 is 24.9 Å². The average molecular weight is 372 g/mol. The Morgan fingerprint density at radius 3 is 2.36 bits per heavy atom. The third-order valence-corrected chi connectivity index (χ3v) is 4.22. The van der Waals surface area contributed by atoms with Gasteiger partial charge in [-0.15, -0.1) is 0 Å². The van der Waals surface area contributed by atoms with Crippen LogP contribution in [0.25, 0.3) is 0 Å². The van der Waals surface area contributed by atoms with Gasteiger partial charge in [0, 0.05) is 11.6 Å². The van der Waals surface area contributed by atoms with Gasteiger partial charge < -0.3 is 20.6 Å². The molecule has 0 saturated carbocycles. The van der Waals surface area contributed by atoms with Gasteiger partial charge in [0.05, 0.1) is 12.5 Å². The summed E-state index contributed by atoms with van der Waals surface area (Å²) < 4.78 is 0. The molecule has 0 aromatic heterocycles. The number of nitrogens with one attached hydrogen (secondary N) is 1. The maximum absolute atomic E-state index is 11.8. The van der Waals surface area contributed by atoms with E-state index in [1.165, 1.54) is 0 Å². The molecule has 4 N–H and O–H groups in total. The van der Waals surface area contributed by atoms with Gasteiger partial charge in [-0.25, -0.2) is 4.79 Å². The van der Waals surface area contributed by atoms with Crippen LogP contribution in [0.2, 0.25) is 5.02 Å². The lowest BCUT2D eigenvalue weighted by molar-refractivity contribution is -0.147. The summed E-state index contributed by atoms with van der Waals surface area (Å²) in [4.78, 5) is 22.4. The van der Waals surface area contributed by atoms with Gasteiger partial charge in [0.25, 0.3) is 0 Å². The summed E-state index contributed by atoms with van der Waals surface area (Å²) in [6.07, 6.45) is -0.0532. The summed E-state index contributed by atoms with van der Waals surface area (Å²) in [5.74, 6) is -1.25. The van der Waals surface area contributed by atoms with Gasteiger partial charge in [-0.1, -0.05) is 30.7 Å². The lowest BCUT2D eigenvalue weighted by atomic mass is 9.95. The van der Waals surface area contributed by atoms with E-state index in [0.717, 1.165) is 5.56 Å². The van der Waals surface area contributed by atoms with Crippen LogP contribution in [0.15, 0.2) is 24.3 Å². The lowest BCUT2D eigenvalue weighted by Gasteiger charge is -2.17. The maximum atomic E-state index is 11.8. The predicted octanol–water partition coefficient (Wildman–Crippen LogP) is 2.00. The molecule has 140 valence electrons. The molecule has 0 radical (unpaired) electrons. The Hall–Kier alpha value is -1.63. The number of rotatable bonds is 11. The number of aliphatic hydroxyl groups excluding tert-OH is 2. The minimum absolute atomic E-state index is 0.0915. The Kier molecular flexibility index (Phi) is 9.49. The summed E-state index contributed by atoms with van der Waals surface area (Å²) in [5, 5.41) is 31.2. The van der Waals surface area contributed by atoms with E-state index < -0.39 is 18.2 Å². The number of carbonyl (C=O) groups excluding carboxylic acids is 1. The van der Waals surface area contributed by atoms with Gasteiger partial charge >= 0.3 is 5.97 Å². The van der Waals surface area contributed by atoms with Crippen LogP contribution in [0.4, 0.5) is 0 Å². The first-order valence-corrected chi connectivity index (χ1v) is 8.75. The van der Waals surface area contributed by atoms with Crippen molar-refractivity contribution in [2.24, 2.45) is 5.92 Å². The van der Waals surface area contributed by atoms with E-state index >= 15 is 0 Å². The second-order valence-corrected chi connectivity index (χ2v) is 6.80. The molecule has 3 atom stereocenters. The van der Waals surface area contributed by atoms with Crippen LogP contribution in [0.1, 0.15) is 38.2 Å². The predicted molar refractivity (Wildman–Crippen MR) is 95.4 cm³/mol. The zero-order valence-electron chi connectivity index (χ0n) is 14.3. The summed E-state index contributed by atoms with van der Waals surface area (Å²) in [6.45, 7) is 2.27. The van der Waals surface area contributed by atoms with Crippen molar-refractivity contribution in [1.29, 1.82) is 0 Å². The highest BCUT2D eigenvalue weighted by atomic mass is 35.5. The molecule has 1 aromatic rings. The number of carboxylic acid groups (broad SMARTS) is 1. The lowest BCUT2D eigenvalue weighted by Crippen LogP contribution is -2.29. The Labute approximate surface area is 152 Å². The topological polar surface area (TPSA) is 107 Å². The first kappa shape index (κ1) is 21.4. The molecule has 0 spiro atoms. The highest BCUT2D eigenvalue weighted by Crippen LogP contribution is 2.16. The fourth-order valence-electron chi connectivity index (χ4n) is 2.49. The van der Waals surface area contributed by atoms with Crippen LogP contribution < -0.4 is 5.32 Å². The molecule has 0 fully saturated rings. The molecule has 7 heteroatoms. The van der Waals surface area contributed by atoms with Crippen LogP contribution in [0.5, 0.6) is 0 Å². The highest BCUT2D eigenvalue weighted by molar-refractivity contribution is 6.30. The molecule has 0 heterocycles. The first-order chi connectivity index (χ1) is 11.8. The van der Waals surface area contributed by atoms with E-state index in [0.29, 0.717) is 30.8 Å². The molecular formula is C18H26ClNO5. The Bertz CT molecular complexity index is 549. The monoisotopic (exact) mass is 371 g/mol. The maximum Gasteiger partial charge on any atom is 0.332 e. The van der Waals surface area contributed by atoms with Crippen molar-refractivity contribution in [3.8, 4) is 0 Å². The number of amides is 1. The van der Waals surface area contributed by atoms with E-state index in [-0.39, 0.29) is 24.7 Å². The van der Waals surface area contributed by atoms with Gasteiger partial charge in [0.1, 0.15) is 0 Å². The number of hydrogen-bond donors (Lipinski definition) is 4. The third kappa shape index (κ3) is 9.43. The fourth-order valence-corrected chi connectivity index (χ4v) is 2.62. The minimum atomic E-state index is -1.35. The Morgan fingerprint density at radius 2 is 1.76 bits per heavy atom. The van der Waals surface area contributed by atoms with Gasteiger partial charge in [0.2, 0.25) is 5.91 Å². The third-order valence-electron chi connectivity index (χ3n) is 3.97. The normalized spacial score (nSPS) is 14.6. The molecule has 25 heavy (non-hydrogen) atoms. The van der Waals surface area contributed by atoms with Crippen molar-refractivity contribution in [2.75, 3.05) is 6.54 Å². The summed E-state index contributed by atoms with van der Waals surface area (Å²) in [5.41, 5.74) is 0.869. The van der Waals surface area contributed by atoms with E-state index in [4.69, 9.17) is 16.7 Å². The molecule has 1 aromatic carbocycles. The number of carboxylic acids is 1. The van der Waals surface area contributed by atoms with Crippen LogP contribution in [0.3, 0.4) is 0 Å². The number of hydrogen-bond acceptors (Lipinski definition) is 4. The molecule has 6 nitrogen and oxygen atoms in total. The number of aliphatic hydroxyl groups is 2. The molecule has 0 aliphatic heterocycles. The number of halogens is 1. The SMILES string of the molecule is CC(CCC(O)C(=O)O)CC(O)CCNC(=O)Cc1ccc(Cl)cc1. The average Bonchev–Trinajstić information content (AvgIpc) is 2.54. The first-order valence-electron chi connectivity index (χ1n) is 8.38. The summed E-state index contributed by atoms with van der Waals surface area (Å²) >= 11 is 5.79. The van der Waals surface area contributed by atoms with Crippen LogP contribution in [0, 0.1) is 5.92 Å². The van der Waals surface area contributed by atoms with E-state index in [1.807, 2.05) is 6.92 Å². The van der Waals surface area contributed by atoms with E-state index in [1.54, 1.807) is 24.3 Å². The summed E-state index contributed by atoms with van der Waals surface area (Å²) in [6, 6.07) is 7.06. The zero-order valence-corrected chi connectivity index (χ0v) is 15.1. The molecule has 0 aliphatic rings. The Balaban J connectivity index is 2.18. The quantitative estimate of drug-likeness (QED) is 0.476. The van der Waals surface area contributed by atoms with E-state index in [2.05, 4.69) is 5.32 Å². The second-order valence-electron chi connectivity index (χ2n) is 6.37. The van der Waals surface area contributed by atoms with Crippen molar-refractivity contribution >= 4 is 23.5 Å². The van der Waals surface area contributed by atoms with Crippen molar-refractivity contribution in [2.45, 2.75) is 51.2 Å². The number of carbonyl (C=O) groups is 2. The van der Waals surface area contributed by atoms with Gasteiger partial charge in [-0.05, 0) is 49.3 Å². The van der Waals surface area contributed by atoms with Crippen molar-refractivity contribution in [3.05, 3.63) is 34.9 Å². The number of aliphatic carboxylic acids is 1. The molecule has 0 saturated heterocycles. The molecular weight excluding hydrogens is 346 g/mol. The van der Waals surface area contributed by atoms with Crippen LogP contribution >= 0.6 is 11.6 Å². The Morgan fingerprint density at radius 1 is 1.12 bits per heavy atom. The van der Waals surface area contributed by atoms with Gasteiger partial charge in [0.15, 0.2) is 6.10 Å². The molecule has 1 amide bonds. The molecule has 0 aliphatic carbocycles. The van der Waals surface area contributed by atoms with E-state index in [9.17, 15) is 19.8 Å². The van der Waals surface area contributed by atoms with Crippen LogP contribution in [-0.4, -0.2) is 45.9 Å². The molecule has 1 rings (SSSR count). The largest absolute Gasteiger partial charge is 0.479 e. The highest BCUT2D eigenvalue weighted by Gasteiger charge is 2.16. The number of benzene rings is 1. The smallest absolute Gasteiger partial charge is 0.332 e. The van der Waals surface area contributed by atoms with Crippen LogP contribution in [-0.2, 0) is 16.0 Å². The van der Waals surface area contributed by atoms with Gasteiger partial charge in [-0.2, -0.15) is 0 Å². The fraction of sp³-hybridized carbons (Fsp3) is 0.556. The minimum Gasteiger partial charge on any atom is -0.479 e. The molecule has 0 bridgehead atoms. The zero-order chi connectivity index (χ0) is 18.8. The van der Waals surface area contributed by atoms with Crippen molar-refractivity contribution in [3.63, 3.8) is 0 Å². The molecule has 3 unspecified atom stereocenters. The standard InChI is InChI=1S/C18H26ClNO5/c1-12(2-7-16(22)18(24)25)10-15(21)8-9-20-17(23)11-13-3-5-14(19)6-4-13/h3-6,12,15-16,21-22H,2,7-11H2,1H3,(H,20,23)(H,24,25). The summed E-state index contributed by atoms with van der Waals surface area (Å²) in [7, 11) is 0. The van der Waals surface area contributed by atoms with Gasteiger partial charge in [-0.3, -0.25) is 4.79 Å². The second kappa shape index (κ2) is 11.1. The van der Waals surface area contributed by atoms with Crippen molar-refractivity contribution in [1.82, 2.24) is 5.32 Å².